The van der Waals surface area contributed by atoms with Crippen molar-refractivity contribution >= 4 is 11.9 Å². The second-order valence-corrected chi connectivity index (χ2v) is 6.58. The lowest BCUT2D eigenvalue weighted by Crippen LogP contribution is -2.45. The van der Waals surface area contributed by atoms with E-state index in [0.717, 1.165) is 12.8 Å². The second kappa shape index (κ2) is 8.74. The monoisotopic (exact) mass is 349 g/mol. The molecule has 1 fully saturated rings. The quantitative estimate of drug-likeness (QED) is 0.800. The molecule has 1 aliphatic rings. The molecule has 0 heterocycles. The summed E-state index contributed by atoms with van der Waals surface area (Å²) in [7, 11) is 2.99. The molecule has 25 heavy (non-hydrogen) atoms. The lowest BCUT2D eigenvalue weighted by Gasteiger charge is -2.34. The van der Waals surface area contributed by atoms with Crippen molar-refractivity contribution in [2.75, 3.05) is 20.8 Å². The fourth-order valence-corrected chi connectivity index (χ4v) is 3.21. The molecule has 0 unspecified atom stereocenters. The van der Waals surface area contributed by atoms with Crippen LogP contribution in [0.3, 0.4) is 0 Å². The number of ether oxygens (including phenoxy) is 3. The van der Waals surface area contributed by atoms with Crippen LogP contribution in [0, 0.1) is 11.8 Å². The van der Waals surface area contributed by atoms with Crippen LogP contribution in [0.1, 0.15) is 43.5 Å². The van der Waals surface area contributed by atoms with Gasteiger partial charge in [-0.1, -0.05) is 26.7 Å². The zero-order valence-corrected chi connectivity index (χ0v) is 15.3. The maximum atomic E-state index is 12.2. The third kappa shape index (κ3) is 4.87. The number of methoxy groups -OCH3 is 2. The Morgan fingerprint density at radius 3 is 2.60 bits per heavy atom. The molecule has 1 aliphatic carbocycles. The summed E-state index contributed by atoms with van der Waals surface area (Å²) >= 11 is 0. The highest BCUT2D eigenvalue weighted by atomic mass is 16.5. The van der Waals surface area contributed by atoms with E-state index in [-0.39, 0.29) is 24.1 Å². The Hall–Kier alpha value is -2.24. The van der Waals surface area contributed by atoms with Crippen LogP contribution in [0.4, 0.5) is 0 Å². The molecule has 0 aliphatic heterocycles. The summed E-state index contributed by atoms with van der Waals surface area (Å²) < 4.78 is 15.4. The minimum Gasteiger partial charge on any atom is -0.497 e. The molecule has 3 atom stereocenters. The van der Waals surface area contributed by atoms with Crippen LogP contribution in [-0.4, -0.2) is 38.7 Å². The van der Waals surface area contributed by atoms with Crippen molar-refractivity contribution in [1.82, 2.24) is 5.32 Å². The van der Waals surface area contributed by atoms with Crippen molar-refractivity contribution in [3.8, 4) is 11.5 Å². The van der Waals surface area contributed by atoms with Crippen LogP contribution in [0.15, 0.2) is 18.2 Å². The lowest BCUT2D eigenvalue weighted by molar-refractivity contribution is -0.125. The number of rotatable bonds is 6. The number of hydrogen-bond acceptors (Lipinski definition) is 5. The SMILES string of the molecule is COc1ccc(C(=O)OCC(=O)N[C@@H]2CCC[C@H](C)[C@H]2C)c(OC)c1. The second-order valence-electron chi connectivity index (χ2n) is 6.58. The summed E-state index contributed by atoms with van der Waals surface area (Å²) in [5.74, 6) is 1.07. The van der Waals surface area contributed by atoms with E-state index in [1.165, 1.54) is 20.6 Å². The van der Waals surface area contributed by atoms with Gasteiger partial charge in [-0.2, -0.15) is 0 Å². The van der Waals surface area contributed by atoms with Crippen LogP contribution >= 0.6 is 0 Å². The van der Waals surface area contributed by atoms with Gasteiger partial charge in [-0.15, -0.1) is 0 Å². The molecule has 1 N–H and O–H groups in total. The Labute approximate surface area is 148 Å². The van der Waals surface area contributed by atoms with Gasteiger partial charge >= 0.3 is 5.97 Å². The highest BCUT2D eigenvalue weighted by Crippen LogP contribution is 2.29. The molecule has 0 saturated heterocycles. The Morgan fingerprint density at radius 1 is 1.16 bits per heavy atom. The smallest absolute Gasteiger partial charge is 0.342 e. The van der Waals surface area contributed by atoms with E-state index in [4.69, 9.17) is 14.2 Å². The summed E-state index contributed by atoms with van der Waals surface area (Å²) in [5.41, 5.74) is 0.260. The van der Waals surface area contributed by atoms with Crippen LogP contribution in [0.25, 0.3) is 0 Å². The van der Waals surface area contributed by atoms with Gasteiger partial charge in [0.15, 0.2) is 6.61 Å². The van der Waals surface area contributed by atoms with Crippen LogP contribution in [0.5, 0.6) is 11.5 Å². The van der Waals surface area contributed by atoms with E-state index < -0.39 is 5.97 Å². The Balaban J connectivity index is 1.90. The van der Waals surface area contributed by atoms with Crippen LogP contribution < -0.4 is 14.8 Å². The molecule has 1 amide bonds. The molecule has 0 aromatic heterocycles. The summed E-state index contributed by atoms with van der Waals surface area (Å²) in [5, 5.41) is 2.99. The summed E-state index contributed by atoms with van der Waals surface area (Å²) in [6.45, 7) is 4.06. The number of carbonyl (C=O) groups is 2. The molecule has 0 radical (unpaired) electrons. The molecule has 2 rings (SSSR count). The number of carbonyl (C=O) groups excluding carboxylic acids is 2. The Morgan fingerprint density at radius 2 is 1.92 bits per heavy atom. The highest BCUT2D eigenvalue weighted by Gasteiger charge is 2.28. The van der Waals surface area contributed by atoms with E-state index in [0.29, 0.717) is 23.3 Å². The molecule has 6 nitrogen and oxygen atoms in total. The third-order valence-electron chi connectivity index (χ3n) is 5.02. The molecule has 1 aromatic rings. The maximum Gasteiger partial charge on any atom is 0.342 e. The third-order valence-corrected chi connectivity index (χ3v) is 5.02. The molecule has 0 spiro atoms. The topological polar surface area (TPSA) is 73.9 Å². The van der Waals surface area contributed by atoms with E-state index >= 15 is 0 Å². The first-order valence-electron chi connectivity index (χ1n) is 8.64. The number of amides is 1. The van der Waals surface area contributed by atoms with E-state index in [9.17, 15) is 9.59 Å². The number of hydrogen-bond donors (Lipinski definition) is 1. The van der Waals surface area contributed by atoms with Gasteiger partial charge in [0.2, 0.25) is 0 Å². The molecule has 1 saturated carbocycles. The van der Waals surface area contributed by atoms with E-state index in [2.05, 4.69) is 19.2 Å². The minimum atomic E-state index is -0.597. The Bertz CT molecular complexity index is 616. The van der Waals surface area contributed by atoms with Gasteiger partial charge in [0, 0.05) is 12.1 Å². The first-order chi connectivity index (χ1) is 12.0. The minimum absolute atomic E-state index is 0.144. The van der Waals surface area contributed by atoms with Gasteiger partial charge in [0.1, 0.15) is 17.1 Å². The molecule has 0 bridgehead atoms. The Kier molecular flexibility index (Phi) is 6.67. The molecule has 6 heteroatoms. The van der Waals surface area contributed by atoms with Crippen molar-refractivity contribution in [3.05, 3.63) is 23.8 Å². The molecular weight excluding hydrogens is 322 g/mol. The van der Waals surface area contributed by atoms with Gasteiger partial charge in [-0.05, 0) is 30.4 Å². The highest BCUT2D eigenvalue weighted by molar-refractivity contribution is 5.94. The number of esters is 1. The van der Waals surface area contributed by atoms with E-state index in [1.54, 1.807) is 18.2 Å². The first-order valence-corrected chi connectivity index (χ1v) is 8.64. The summed E-state index contributed by atoms with van der Waals surface area (Å²) in [6.07, 6.45) is 3.27. The van der Waals surface area contributed by atoms with Crippen LogP contribution in [0.2, 0.25) is 0 Å². The first kappa shape index (κ1) is 19.1. The summed E-state index contributed by atoms with van der Waals surface area (Å²) in [6, 6.07) is 4.94. The zero-order valence-electron chi connectivity index (χ0n) is 15.3. The van der Waals surface area contributed by atoms with Crippen molar-refractivity contribution in [3.63, 3.8) is 0 Å². The molecule has 1 aromatic carbocycles. The average molecular weight is 349 g/mol. The van der Waals surface area contributed by atoms with Gasteiger partial charge in [-0.3, -0.25) is 4.79 Å². The zero-order chi connectivity index (χ0) is 18.4. The van der Waals surface area contributed by atoms with Crippen LogP contribution in [-0.2, 0) is 9.53 Å². The lowest BCUT2D eigenvalue weighted by atomic mass is 9.78. The van der Waals surface area contributed by atoms with Gasteiger partial charge in [0.25, 0.3) is 5.91 Å². The van der Waals surface area contributed by atoms with Gasteiger partial charge < -0.3 is 19.5 Å². The van der Waals surface area contributed by atoms with Gasteiger partial charge in [-0.25, -0.2) is 4.79 Å². The predicted octanol–water partition coefficient (Wildman–Crippen LogP) is 2.80. The largest absolute Gasteiger partial charge is 0.497 e. The number of benzene rings is 1. The van der Waals surface area contributed by atoms with Crippen molar-refractivity contribution in [1.29, 1.82) is 0 Å². The van der Waals surface area contributed by atoms with Crippen molar-refractivity contribution in [2.24, 2.45) is 11.8 Å². The van der Waals surface area contributed by atoms with Crippen molar-refractivity contribution < 1.29 is 23.8 Å². The average Bonchev–Trinajstić information content (AvgIpc) is 2.62. The van der Waals surface area contributed by atoms with Crippen molar-refractivity contribution in [2.45, 2.75) is 39.2 Å². The standard InChI is InChI=1S/C19H27NO5/c1-12-6-5-7-16(13(12)2)20-18(21)11-25-19(22)15-9-8-14(23-3)10-17(15)24-4/h8-10,12-13,16H,5-7,11H2,1-4H3,(H,20,21)/t12-,13+,16+/m0/s1. The fraction of sp³-hybridized carbons (Fsp3) is 0.579. The van der Waals surface area contributed by atoms with E-state index in [1.807, 2.05) is 0 Å². The normalized spacial score (nSPS) is 22.8. The molecule has 138 valence electrons. The molecular formula is C19H27NO5. The number of nitrogens with one attached hydrogen (secondary N) is 1. The summed E-state index contributed by atoms with van der Waals surface area (Å²) in [4.78, 5) is 24.3. The maximum absolute atomic E-state index is 12.2. The van der Waals surface area contributed by atoms with Gasteiger partial charge in [0.05, 0.1) is 14.2 Å². The predicted molar refractivity (Wildman–Crippen MR) is 93.9 cm³/mol. The fourth-order valence-electron chi connectivity index (χ4n) is 3.21.